The van der Waals surface area contributed by atoms with Crippen molar-refractivity contribution in [2.45, 2.75) is 6.42 Å². The van der Waals surface area contributed by atoms with Crippen LogP contribution in [0.5, 0.6) is 11.5 Å². The number of hydrogen-bond acceptors (Lipinski definition) is 3. The van der Waals surface area contributed by atoms with Gasteiger partial charge in [0.1, 0.15) is 11.5 Å². The van der Waals surface area contributed by atoms with E-state index in [1.54, 1.807) is 6.07 Å². The molecule has 0 saturated heterocycles. The Morgan fingerprint density at radius 1 is 1.50 bits per heavy atom. The minimum Gasteiger partial charge on any atom is -0.493 e. The average molecular weight is 166 g/mol. The summed E-state index contributed by atoms with van der Waals surface area (Å²) in [5.74, 6) is 1.53. The predicted molar refractivity (Wildman–Crippen MR) is 43.4 cm³/mol. The number of rotatable bonds is 2. The fourth-order valence-electron chi connectivity index (χ4n) is 1.31. The van der Waals surface area contributed by atoms with E-state index in [4.69, 9.17) is 14.6 Å². The lowest BCUT2D eigenvalue weighted by Crippen LogP contribution is -1.94. The second kappa shape index (κ2) is 3.03. The highest BCUT2D eigenvalue weighted by molar-refractivity contribution is 5.42. The van der Waals surface area contributed by atoms with Crippen molar-refractivity contribution in [3.8, 4) is 11.5 Å². The fourth-order valence-corrected chi connectivity index (χ4v) is 1.31. The molecule has 0 aromatic heterocycles. The summed E-state index contributed by atoms with van der Waals surface area (Å²) < 4.78 is 10.2. The molecule has 1 N–H and O–H groups in total. The molecular formula is C9H10O3. The topological polar surface area (TPSA) is 38.7 Å². The third kappa shape index (κ3) is 1.23. The van der Waals surface area contributed by atoms with E-state index < -0.39 is 0 Å². The van der Waals surface area contributed by atoms with Gasteiger partial charge in [-0.3, -0.25) is 0 Å². The number of ether oxygens (including phenoxy) is 2. The number of aliphatic hydroxyl groups is 1. The maximum atomic E-state index is 8.51. The first-order valence-corrected chi connectivity index (χ1v) is 3.89. The van der Waals surface area contributed by atoms with E-state index in [0.717, 1.165) is 18.8 Å². The van der Waals surface area contributed by atoms with Gasteiger partial charge in [0.15, 0.2) is 6.79 Å². The van der Waals surface area contributed by atoms with Crippen LogP contribution in [0.3, 0.4) is 0 Å². The van der Waals surface area contributed by atoms with Gasteiger partial charge >= 0.3 is 0 Å². The van der Waals surface area contributed by atoms with Crippen LogP contribution in [0.4, 0.5) is 0 Å². The van der Waals surface area contributed by atoms with E-state index in [-0.39, 0.29) is 6.79 Å². The second-order valence-electron chi connectivity index (χ2n) is 2.64. The molecule has 12 heavy (non-hydrogen) atoms. The van der Waals surface area contributed by atoms with Crippen LogP contribution in [0.25, 0.3) is 0 Å². The number of hydrogen-bond donors (Lipinski definition) is 1. The van der Waals surface area contributed by atoms with Crippen molar-refractivity contribution in [3.63, 3.8) is 0 Å². The van der Waals surface area contributed by atoms with Crippen molar-refractivity contribution < 1.29 is 14.6 Å². The largest absolute Gasteiger partial charge is 0.493 e. The van der Waals surface area contributed by atoms with Gasteiger partial charge in [-0.1, -0.05) is 6.07 Å². The molecule has 1 aliphatic rings. The molecule has 0 bridgehead atoms. The Morgan fingerprint density at radius 2 is 2.42 bits per heavy atom. The minimum atomic E-state index is -0.293. The van der Waals surface area contributed by atoms with Gasteiger partial charge in [-0.25, -0.2) is 0 Å². The van der Waals surface area contributed by atoms with Gasteiger partial charge in [0.25, 0.3) is 0 Å². The summed E-state index contributed by atoms with van der Waals surface area (Å²) in [4.78, 5) is 0. The molecule has 1 aliphatic heterocycles. The van der Waals surface area contributed by atoms with Gasteiger partial charge in [0.05, 0.1) is 6.61 Å². The Balaban J connectivity index is 2.26. The smallest absolute Gasteiger partial charge is 0.186 e. The van der Waals surface area contributed by atoms with Gasteiger partial charge in [-0.05, 0) is 11.6 Å². The van der Waals surface area contributed by atoms with Crippen LogP contribution in [0.1, 0.15) is 5.56 Å². The summed E-state index contributed by atoms with van der Waals surface area (Å²) in [7, 11) is 0. The molecule has 1 aromatic carbocycles. The zero-order valence-corrected chi connectivity index (χ0v) is 6.62. The van der Waals surface area contributed by atoms with Crippen LogP contribution in [0.15, 0.2) is 18.2 Å². The number of benzene rings is 1. The van der Waals surface area contributed by atoms with Crippen LogP contribution in [-0.2, 0) is 6.42 Å². The van der Waals surface area contributed by atoms with Gasteiger partial charge < -0.3 is 14.6 Å². The third-order valence-corrected chi connectivity index (χ3v) is 1.90. The van der Waals surface area contributed by atoms with Gasteiger partial charge in [0.2, 0.25) is 0 Å². The Bertz CT molecular complexity index is 283. The molecule has 1 heterocycles. The van der Waals surface area contributed by atoms with Crippen molar-refractivity contribution in [2.24, 2.45) is 0 Å². The van der Waals surface area contributed by atoms with E-state index >= 15 is 0 Å². The van der Waals surface area contributed by atoms with E-state index in [1.165, 1.54) is 5.56 Å². The molecule has 0 atom stereocenters. The molecule has 2 rings (SSSR count). The van der Waals surface area contributed by atoms with E-state index in [0.29, 0.717) is 5.75 Å². The van der Waals surface area contributed by atoms with Crippen LogP contribution in [0.2, 0.25) is 0 Å². The molecule has 64 valence electrons. The summed E-state index contributed by atoms with van der Waals surface area (Å²) >= 11 is 0. The second-order valence-corrected chi connectivity index (χ2v) is 2.64. The maximum absolute atomic E-state index is 8.51. The average Bonchev–Trinajstić information content (AvgIpc) is 2.51. The quantitative estimate of drug-likeness (QED) is 0.665. The van der Waals surface area contributed by atoms with Gasteiger partial charge in [-0.2, -0.15) is 0 Å². The normalized spacial score (nSPS) is 13.8. The summed E-state index contributed by atoms with van der Waals surface area (Å²) in [5.41, 5.74) is 1.21. The van der Waals surface area contributed by atoms with Gasteiger partial charge in [-0.15, -0.1) is 0 Å². The Labute approximate surface area is 70.5 Å². The Hall–Kier alpha value is -1.22. The first-order chi connectivity index (χ1) is 5.90. The predicted octanol–water partition coefficient (Wildman–Crippen LogP) is 0.950. The lowest BCUT2D eigenvalue weighted by atomic mass is 10.2. The van der Waals surface area contributed by atoms with Gasteiger partial charge in [0, 0.05) is 12.5 Å². The highest BCUT2D eigenvalue weighted by Crippen LogP contribution is 2.29. The minimum absolute atomic E-state index is 0.293. The first kappa shape index (κ1) is 7.43. The maximum Gasteiger partial charge on any atom is 0.186 e. The lowest BCUT2D eigenvalue weighted by molar-refractivity contribution is 0.0983. The summed E-state index contributed by atoms with van der Waals surface area (Å²) in [6, 6.07) is 5.61. The molecular weight excluding hydrogens is 156 g/mol. The van der Waals surface area contributed by atoms with Crippen LogP contribution in [-0.4, -0.2) is 18.5 Å². The molecule has 0 spiro atoms. The molecule has 0 amide bonds. The van der Waals surface area contributed by atoms with E-state index in [1.807, 2.05) is 12.1 Å². The third-order valence-electron chi connectivity index (χ3n) is 1.90. The van der Waals surface area contributed by atoms with Crippen molar-refractivity contribution >= 4 is 0 Å². The summed E-state index contributed by atoms with van der Waals surface area (Å²) in [5, 5.41) is 8.51. The van der Waals surface area contributed by atoms with Crippen LogP contribution >= 0.6 is 0 Å². The standard InChI is InChI=1S/C9H10O3/c10-6-12-8-2-1-7-3-4-11-9(7)5-8/h1-2,5,10H,3-4,6H2. The Kier molecular flexibility index (Phi) is 1.87. The zero-order valence-electron chi connectivity index (χ0n) is 6.62. The van der Waals surface area contributed by atoms with E-state index in [2.05, 4.69) is 0 Å². The molecule has 3 heteroatoms. The van der Waals surface area contributed by atoms with Crippen molar-refractivity contribution in [2.75, 3.05) is 13.4 Å². The fraction of sp³-hybridized carbons (Fsp3) is 0.333. The number of fused-ring (bicyclic) bond motifs is 1. The summed E-state index contributed by atoms with van der Waals surface area (Å²) in [6.45, 7) is 0.455. The first-order valence-electron chi connectivity index (χ1n) is 3.89. The highest BCUT2D eigenvalue weighted by Gasteiger charge is 2.11. The number of aliphatic hydroxyl groups excluding tert-OH is 1. The molecule has 3 nitrogen and oxygen atoms in total. The molecule has 1 aromatic rings. The van der Waals surface area contributed by atoms with Crippen molar-refractivity contribution in [3.05, 3.63) is 23.8 Å². The van der Waals surface area contributed by atoms with Crippen LogP contribution < -0.4 is 9.47 Å². The van der Waals surface area contributed by atoms with Crippen molar-refractivity contribution in [1.29, 1.82) is 0 Å². The SMILES string of the molecule is OCOc1ccc2c(c1)OCC2. The molecule has 0 fully saturated rings. The molecule has 0 aliphatic carbocycles. The molecule has 0 saturated carbocycles. The highest BCUT2D eigenvalue weighted by atomic mass is 16.6. The summed E-state index contributed by atoms with van der Waals surface area (Å²) in [6.07, 6.45) is 0.967. The van der Waals surface area contributed by atoms with Crippen molar-refractivity contribution in [1.82, 2.24) is 0 Å². The zero-order chi connectivity index (χ0) is 8.39. The molecule has 0 unspecified atom stereocenters. The monoisotopic (exact) mass is 166 g/mol. The Morgan fingerprint density at radius 3 is 3.25 bits per heavy atom. The van der Waals surface area contributed by atoms with E-state index in [9.17, 15) is 0 Å². The van der Waals surface area contributed by atoms with Crippen LogP contribution in [0, 0.1) is 0 Å². The molecule has 0 radical (unpaired) electrons. The lowest BCUT2D eigenvalue weighted by Gasteiger charge is -2.03.